The molecule has 1 aromatic carbocycles. The van der Waals surface area contributed by atoms with Gasteiger partial charge in [0.15, 0.2) is 0 Å². The van der Waals surface area contributed by atoms with Crippen LogP contribution in [0, 0.1) is 0 Å². The van der Waals surface area contributed by atoms with Crippen molar-refractivity contribution in [3.8, 4) is 5.75 Å². The van der Waals surface area contributed by atoms with Crippen LogP contribution >= 0.6 is 0 Å². The van der Waals surface area contributed by atoms with Gasteiger partial charge in [-0.15, -0.1) is 0 Å². The molecule has 1 aromatic heterocycles. The van der Waals surface area contributed by atoms with E-state index in [1.54, 1.807) is 11.7 Å². The van der Waals surface area contributed by atoms with Crippen molar-refractivity contribution >= 4 is 10.9 Å². The molecule has 3 rings (SSSR count). The number of ether oxygens (including phenoxy) is 1. The van der Waals surface area contributed by atoms with Gasteiger partial charge in [-0.3, -0.25) is 9.69 Å². The van der Waals surface area contributed by atoms with E-state index in [2.05, 4.69) is 4.90 Å². The molecule has 1 atom stereocenters. The summed E-state index contributed by atoms with van der Waals surface area (Å²) in [5.41, 5.74) is 1.75. The molecule has 0 spiro atoms. The number of pyridine rings is 1. The van der Waals surface area contributed by atoms with E-state index in [9.17, 15) is 9.90 Å². The number of hydrogen-bond acceptors (Lipinski definition) is 4. The molecule has 1 saturated heterocycles. The van der Waals surface area contributed by atoms with E-state index in [1.165, 1.54) is 6.42 Å². The van der Waals surface area contributed by atoms with Crippen molar-refractivity contribution in [1.29, 1.82) is 0 Å². The number of aryl methyl sites for hydroxylation is 1. The number of hydrogen-bond donors (Lipinski definition) is 1. The summed E-state index contributed by atoms with van der Waals surface area (Å²) >= 11 is 0. The lowest BCUT2D eigenvalue weighted by Gasteiger charge is -2.35. The number of aliphatic hydroxyl groups excluding tert-OH is 1. The third-order valence-corrected chi connectivity index (χ3v) is 5.09. The van der Waals surface area contributed by atoms with E-state index in [4.69, 9.17) is 4.74 Å². The molecule has 0 radical (unpaired) electrons. The van der Waals surface area contributed by atoms with Crippen LogP contribution in [0.4, 0.5) is 0 Å². The van der Waals surface area contributed by atoms with Crippen LogP contribution in [-0.2, 0) is 13.6 Å². The molecule has 2 aromatic rings. The van der Waals surface area contributed by atoms with Crippen LogP contribution in [0.5, 0.6) is 5.75 Å². The average molecular weight is 330 g/mol. The van der Waals surface area contributed by atoms with Crippen molar-refractivity contribution in [2.24, 2.45) is 7.05 Å². The molecule has 1 fully saturated rings. The monoisotopic (exact) mass is 330 g/mol. The fourth-order valence-corrected chi connectivity index (χ4v) is 3.71. The fraction of sp³-hybridized carbons (Fsp3) is 0.526. The van der Waals surface area contributed by atoms with E-state index >= 15 is 0 Å². The normalized spacial score (nSPS) is 18.9. The molecular formula is C19H26N2O3. The maximum atomic E-state index is 12.8. The van der Waals surface area contributed by atoms with Crippen molar-refractivity contribution in [1.82, 2.24) is 9.47 Å². The number of fused-ring (bicyclic) bond motifs is 1. The van der Waals surface area contributed by atoms with E-state index in [0.29, 0.717) is 12.6 Å². The summed E-state index contributed by atoms with van der Waals surface area (Å²) in [6.07, 6.45) is 4.25. The lowest BCUT2D eigenvalue weighted by molar-refractivity contribution is 0.112. The maximum absolute atomic E-state index is 12.8. The van der Waals surface area contributed by atoms with Crippen molar-refractivity contribution in [2.45, 2.75) is 38.3 Å². The minimum Gasteiger partial charge on any atom is -0.497 e. The predicted octanol–water partition coefficient (Wildman–Crippen LogP) is 2.28. The molecule has 0 saturated carbocycles. The first-order valence-electron chi connectivity index (χ1n) is 8.65. The summed E-state index contributed by atoms with van der Waals surface area (Å²) in [6, 6.07) is 8.20. The number of aromatic nitrogens is 1. The van der Waals surface area contributed by atoms with Crippen molar-refractivity contribution in [2.75, 3.05) is 20.3 Å². The highest BCUT2D eigenvalue weighted by molar-refractivity contribution is 5.81. The van der Waals surface area contributed by atoms with Crippen molar-refractivity contribution < 1.29 is 9.84 Å². The summed E-state index contributed by atoms with van der Waals surface area (Å²) in [5.74, 6) is 0.754. The Morgan fingerprint density at radius 2 is 2.12 bits per heavy atom. The first-order valence-corrected chi connectivity index (χ1v) is 8.65. The highest BCUT2D eigenvalue weighted by Gasteiger charge is 2.23. The zero-order valence-corrected chi connectivity index (χ0v) is 14.5. The summed E-state index contributed by atoms with van der Waals surface area (Å²) in [7, 11) is 3.44. The van der Waals surface area contributed by atoms with Crippen LogP contribution in [0.15, 0.2) is 29.1 Å². The van der Waals surface area contributed by atoms with Gasteiger partial charge in [-0.1, -0.05) is 6.42 Å². The van der Waals surface area contributed by atoms with Gasteiger partial charge in [-0.2, -0.15) is 0 Å². The van der Waals surface area contributed by atoms with Gasteiger partial charge >= 0.3 is 0 Å². The first kappa shape index (κ1) is 17.0. The van der Waals surface area contributed by atoms with E-state index in [0.717, 1.165) is 48.0 Å². The Bertz CT molecular complexity index is 767. The number of rotatable bonds is 5. The second-order valence-corrected chi connectivity index (χ2v) is 6.59. The van der Waals surface area contributed by atoms with Crippen LogP contribution in [0.2, 0.25) is 0 Å². The maximum Gasteiger partial charge on any atom is 0.255 e. The number of methoxy groups -OCH3 is 1. The lowest BCUT2D eigenvalue weighted by Crippen LogP contribution is -2.41. The highest BCUT2D eigenvalue weighted by atomic mass is 16.5. The molecule has 130 valence electrons. The molecule has 1 aliphatic rings. The SMILES string of the molecule is COc1ccc2cc(CN3CCCCC3CCO)c(=O)n(C)c2c1. The number of benzene rings is 1. The molecule has 0 bridgehead atoms. The minimum absolute atomic E-state index is 0.0454. The summed E-state index contributed by atoms with van der Waals surface area (Å²) in [5, 5.41) is 10.3. The quantitative estimate of drug-likeness (QED) is 0.914. The van der Waals surface area contributed by atoms with Gasteiger partial charge in [0.25, 0.3) is 5.56 Å². The Morgan fingerprint density at radius 3 is 2.88 bits per heavy atom. The van der Waals surface area contributed by atoms with Gasteiger partial charge in [0.1, 0.15) is 5.75 Å². The lowest BCUT2D eigenvalue weighted by atomic mass is 9.98. The highest BCUT2D eigenvalue weighted by Crippen LogP contribution is 2.23. The van der Waals surface area contributed by atoms with Crippen molar-refractivity contribution in [3.05, 3.63) is 40.2 Å². The van der Waals surface area contributed by atoms with Gasteiger partial charge in [0.2, 0.25) is 0 Å². The largest absolute Gasteiger partial charge is 0.497 e. The predicted molar refractivity (Wildman–Crippen MR) is 95.5 cm³/mol. The zero-order valence-electron chi connectivity index (χ0n) is 14.5. The third-order valence-electron chi connectivity index (χ3n) is 5.09. The topological polar surface area (TPSA) is 54.7 Å². The third kappa shape index (κ3) is 3.32. The molecule has 5 nitrogen and oxygen atoms in total. The molecule has 1 aliphatic heterocycles. The van der Waals surface area contributed by atoms with E-state index < -0.39 is 0 Å². The Morgan fingerprint density at radius 1 is 1.29 bits per heavy atom. The Kier molecular flexibility index (Phi) is 5.21. The minimum atomic E-state index is 0.0454. The van der Waals surface area contributed by atoms with E-state index in [1.807, 2.05) is 31.3 Å². The summed E-state index contributed by atoms with van der Waals surface area (Å²) in [4.78, 5) is 15.1. The first-order chi connectivity index (χ1) is 11.6. The van der Waals surface area contributed by atoms with Gasteiger partial charge < -0.3 is 14.4 Å². The van der Waals surface area contributed by atoms with Crippen LogP contribution < -0.4 is 10.3 Å². The van der Waals surface area contributed by atoms with Gasteiger partial charge in [0.05, 0.1) is 12.6 Å². The number of likely N-dealkylation sites (tertiary alicyclic amines) is 1. The number of aliphatic hydroxyl groups is 1. The van der Waals surface area contributed by atoms with Crippen LogP contribution in [0.1, 0.15) is 31.2 Å². The van der Waals surface area contributed by atoms with Crippen LogP contribution in [0.3, 0.4) is 0 Å². The Labute approximate surface area is 142 Å². The second-order valence-electron chi connectivity index (χ2n) is 6.59. The average Bonchev–Trinajstić information content (AvgIpc) is 2.61. The molecule has 24 heavy (non-hydrogen) atoms. The molecule has 1 unspecified atom stereocenters. The second kappa shape index (κ2) is 7.36. The van der Waals surface area contributed by atoms with Crippen LogP contribution in [0.25, 0.3) is 10.9 Å². The molecule has 1 N–H and O–H groups in total. The van der Waals surface area contributed by atoms with E-state index in [-0.39, 0.29) is 12.2 Å². The molecule has 0 aliphatic carbocycles. The molecule has 2 heterocycles. The number of piperidine rings is 1. The molecule has 5 heteroatoms. The zero-order chi connectivity index (χ0) is 17.1. The summed E-state index contributed by atoms with van der Waals surface area (Å²) < 4.78 is 6.97. The standard InChI is InChI=1S/C19H26N2O3/c1-20-18-12-17(24-2)7-6-14(18)11-15(19(20)23)13-21-9-4-3-5-16(21)8-10-22/h6-7,11-12,16,22H,3-5,8-10,13H2,1-2H3. The Hall–Kier alpha value is -1.85. The van der Waals surface area contributed by atoms with Gasteiger partial charge in [-0.05, 0) is 49.4 Å². The molecule has 0 amide bonds. The fourth-order valence-electron chi connectivity index (χ4n) is 3.71. The van der Waals surface area contributed by atoms with Crippen LogP contribution in [-0.4, -0.2) is 40.9 Å². The Balaban J connectivity index is 1.94. The molecular weight excluding hydrogens is 304 g/mol. The van der Waals surface area contributed by atoms with Crippen molar-refractivity contribution in [3.63, 3.8) is 0 Å². The van der Waals surface area contributed by atoms with Gasteiger partial charge in [-0.25, -0.2) is 0 Å². The number of nitrogens with zero attached hydrogens (tertiary/aromatic N) is 2. The van der Waals surface area contributed by atoms with Gasteiger partial charge in [0, 0.05) is 37.9 Å². The summed E-state index contributed by atoms with van der Waals surface area (Å²) in [6.45, 7) is 1.85. The smallest absolute Gasteiger partial charge is 0.255 e.